The van der Waals surface area contributed by atoms with E-state index in [0.717, 1.165) is 24.8 Å². The van der Waals surface area contributed by atoms with Gasteiger partial charge in [0.15, 0.2) is 0 Å². The minimum Gasteiger partial charge on any atom is -0.321 e. The first-order chi connectivity index (χ1) is 8.49. The molecule has 1 saturated carbocycles. The topological polar surface area (TPSA) is 38.9 Å². The number of nitrogens with zero attached hydrogens (tertiary/aromatic N) is 1. The second kappa shape index (κ2) is 5.35. The summed E-state index contributed by atoms with van der Waals surface area (Å²) in [6.45, 7) is 4.49. The highest BCUT2D eigenvalue weighted by molar-refractivity contribution is 5.21. The number of nitrogens with two attached hydrogens (primary N) is 1. The third kappa shape index (κ3) is 3.08. The molecule has 100 valence electrons. The van der Waals surface area contributed by atoms with Crippen LogP contribution in [0.3, 0.4) is 0 Å². The Morgan fingerprint density at radius 2 is 2.28 bits per heavy atom. The van der Waals surface area contributed by atoms with Crippen LogP contribution in [0.5, 0.6) is 0 Å². The predicted octanol–water partition coefficient (Wildman–Crippen LogP) is 3.61. The fourth-order valence-corrected chi connectivity index (χ4v) is 3.24. The molecule has 0 spiro atoms. The maximum Gasteiger partial charge on any atom is 0.141 e. The van der Waals surface area contributed by atoms with Gasteiger partial charge in [-0.15, -0.1) is 0 Å². The molecule has 0 bridgehead atoms. The van der Waals surface area contributed by atoms with Gasteiger partial charge < -0.3 is 5.73 Å². The van der Waals surface area contributed by atoms with Crippen molar-refractivity contribution in [2.75, 3.05) is 0 Å². The van der Waals surface area contributed by atoms with Gasteiger partial charge in [-0.25, -0.2) is 4.39 Å². The summed E-state index contributed by atoms with van der Waals surface area (Å²) in [5.41, 5.74) is 6.98. The van der Waals surface area contributed by atoms with E-state index in [4.69, 9.17) is 5.73 Å². The third-order valence-corrected chi connectivity index (χ3v) is 3.97. The third-order valence-electron chi connectivity index (χ3n) is 3.97. The van der Waals surface area contributed by atoms with Gasteiger partial charge in [0.2, 0.25) is 0 Å². The molecule has 1 aliphatic carbocycles. The van der Waals surface area contributed by atoms with Crippen molar-refractivity contribution in [2.45, 2.75) is 51.5 Å². The Labute approximate surface area is 109 Å². The lowest BCUT2D eigenvalue weighted by Gasteiger charge is -2.39. The van der Waals surface area contributed by atoms with Gasteiger partial charge in [0.25, 0.3) is 0 Å². The van der Waals surface area contributed by atoms with Crippen LogP contribution >= 0.6 is 0 Å². The van der Waals surface area contributed by atoms with Crippen molar-refractivity contribution >= 4 is 0 Å². The molecule has 2 atom stereocenters. The Morgan fingerprint density at radius 3 is 2.94 bits per heavy atom. The summed E-state index contributed by atoms with van der Waals surface area (Å²) in [5.74, 6) is 1.07. The molecule has 1 aliphatic rings. The van der Waals surface area contributed by atoms with E-state index < -0.39 is 0 Å². The monoisotopic (exact) mass is 250 g/mol. The minimum absolute atomic E-state index is 0.289. The number of hydrogen-bond acceptors (Lipinski definition) is 2. The lowest BCUT2D eigenvalue weighted by Crippen LogP contribution is -2.41. The zero-order valence-corrected chi connectivity index (χ0v) is 11.3. The summed E-state index contributed by atoms with van der Waals surface area (Å²) in [5, 5.41) is 0. The van der Waals surface area contributed by atoms with Gasteiger partial charge in [0, 0.05) is 11.7 Å². The number of rotatable bonds is 3. The highest BCUT2D eigenvalue weighted by Gasteiger charge is 2.34. The van der Waals surface area contributed by atoms with Crippen LogP contribution in [0.15, 0.2) is 18.5 Å². The molecule has 2 rings (SSSR count). The van der Waals surface area contributed by atoms with Crippen molar-refractivity contribution in [3.05, 3.63) is 29.8 Å². The van der Waals surface area contributed by atoms with Crippen LogP contribution in [-0.2, 0) is 5.54 Å². The average Bonchev–Trinajstić information content (AvgIpc) is 2.28. The van der Waals surface area contributed by atoms with Crippen LogP contribution in [0.25, 0.3) is 0 Å². The molecule has 0 amide bonds. The van der Waals surface area contributed by atoms with Gasteiger partial charge in [-0.05, 0) is 42.7 Å². The fraction of sp³-hybridized carbons (Fsp3) is 0.667. The van der Waals surface area contributed by atoms with Gasteiger partial charge in [0.1, 0.15) is 5.82 Å². The number of pyridine rings is 1. The van der Waals surface area contributed by atoms with E-state index in [9.17, 15) is 4.39 Å². The Bertz CT molecular complexity index is 405. The number of aromatic nitrogens is 1. The Hall–Kier alpha value is -0.960. The van der Waals surface area contributed by atoms with E-state index in [-0.39, 0.29) is 11.4 Å². The molecule has 1 fully saturated rings. The molecule has 1 aromatic rings. The van der Waals surface area contributed by atoms with Crippen LogP contribution in [0.2, 0.25) is 0 Å². The van der Waals surface area contributed by atoms with Crippen LogP contribution in [0.4, 0.5) is 4.39 Å². The zero-order chi connectivity index (χ0) is 13.2. The largest absolute Gasteiger partial charge is 0.321 e. The molecular formula is C15H23FN2. The van der Waals surface area contributed by atoms with Crippen molar-refractivity contribution in [3.63, 3.8) is 0 Å². The quantitative estimate of drug-likeness (QED) is 0.890. The highest BCUT2D eigenvalue weighted by Crippen LogP contribution is 2.40. The maximum absolute atomic E-state index is 13.3. The minimum atomic E-state index is -0.382. The second-order valence-corrected chi connectivity index (χ2v) is 6.14. The molecule has 1 heterocycles. The van der Waals surface area contributed by atoms with E-state index in [1.54, 1.807) is 12.3 Å². The van der Waals surface area contributed by atoms with Crippen molar-refractivity contribution in [1.82, 2.24) is 4.98 Å². The van der Waals surface area contributed by atoms with E-state index in [2.05, 4.69) is 18.8 Å². The van der Waals surface area contributed by atoms with Crippen molar-refractivity contribution in [3.8, 4) is 0 Å². The highest BCUT2D eigenvalue weighted by atomic mass is 19.1. The standard InChI is InChI=1S/C15H23FN2/c1-11(2)6-12-4-3-5-15(17,8-12)13-7-14(16)10-18-9-13/h7,9-12H,3-6,8,17H2,1-2H3. The summed E-state index contributed by atoms with van der Waals surface area (Å²) >= 11 is 0. The zero-order valence-electron chi connectivity index (χ0n) is 11.3. The van der Waals surface area contributed by atoms with Crippen molar-refractivity contribution in [2.24, 2.45) is 17.6 Å². The van der Waals surface area contributed by atoms with Gasteiger partial charge >= 0.3 is 0 Å². The summed E-state index contributed by atoms with van der Waals surface area (Å²) in [6.07, 6.45) is 8.44. The first-order valence-electron chi connectivity index (χ1n) is 6.89. The fourth-order valence-electron chi connectivity index (χ4n) is 3.24. The molecule has 2 N–H and O–H groups in total. The molecule has 1 aromatic heterocycles. The summed E-state index contributed by atoms with van der Waals surface area (Å²) in [7, 11) is 0. The molecule has 0 saturated heterocycles. The SMILES string of the molecule is CC(C)CC1CCCC(N)(c2cncc(F)c2)C1. The predicted molar refractivity (Wildman–Crippen MR) is 71.5 cm³/mol. The van der Waals surface area contributed by atoms with Crippen LogP contribution in [0, 0.1) is 17.7 Å². The Kier molecular flexibility index (Phi) is 4.00. The van der Waals surface area contributed by atoms with Gasteiger partial charge in [0.05, 0.1) is 6.20 Å². The molecule has 18 heavy (non-hydrogen) atoms. The normalized spacial score (nSPS) is 28.6. The lowest BCUT2D eigenvalue weighted by molar-refractivity contribution is 0.201. The number of hydrogen-bond donors (Lipinski definition) is 1. The number of halogens is 1. The molecule has 2 nitrogen and oxygen atoms in total. The smallest absolute Gasteiger partial charge is 0.141 e. The van der Waals surface area contributed by atoms with Crippen LogP contribution in [-0.4, -0.2) is 4.98 Å². The van der Waals surface area contributed by atoms with Gasteiger partial charge in [-0.3, -0.25) is 4.98 Å². The molecule has 2 unspecified atom stereocenters. The first-order valence-corrected chi connectivity index (χ1v) is 6.89. The molecule has 3 heteroatoms. The van der Waals surface area contributed by atoms with Gasteiger partial charge in [-0.2, -0.15) is 0 Å². The lowest BCUT2D eigenvalue weighted by atomic mass is 9.71. The molecule has 0 aliphatic heterocycles. The summed E-state index contributed by atoms with van der Waals surface area (Å²) < 4.78 is 13.3. The van der Waals surface area contributed by atoms with E-state index in [1.165, 1.54) is 19.0 Å². The Morgan fingerprint density at radius 1 is 1.50 bits per heavy atom. The second-order valence-electron chi connectivity index (χ2n) is 6.14. The van der Waals surface area contributed by atoms with Gasteiger partial charge in [-0.1, -0.05) is 26.7 Å². The Balaban J connectivity index is 2.15. The molecular weight excluding hydrogens is 227 g/mol. The summed E-state index contributed by atoms with van der Waals surface area (Å²) in [6, 6.07) is 1.55. The molecule has 0 radical (unpaired) electrons. The maximum atomic E-state index is 13.3. The average molecular weight is 250 g/mol. The van der Waals surface area contributed by atoms with Crippen LogP contribution < -0.4 is 5.73 Å². The first kappa shape index (κ1) is 13.5. The van der Waals surface area contributed by atoms with E-state index in [1.807, 2.05) is 0 Å². The van der Waals surface area contributed by atoms with Crippen molar-refractivity contribution < 1.29 is 4.39 Å². The van der Waals surface area contributed by atoms with Crippen molar-refractivity contribution in [1.29, 1.82) is 0 Å². The molecule has 0 aromatic carbocycles. The summed E-state index contributed by atoms with van der Waals surface area (Å²) in [4.78, 5) is 3.94. The van der Waals surface area contributed by atoms with Crippen LogP contribution in [0.1, 0.15) is 51.5 Å². The van der Waals surface area contributed by atoms with E-state index in [0.29, 0.717) is 11.8 Å². The van der Waals surface area contributed by atoms with E-state index >= 15 is 0 Å².